The molecular formula is C19H22N4O2S. The second kappa shape index (κ2) is 7.72. The maximum absolute atomic E-state index is 12.1. The molecule has 7 heteroatoms. The highest BCUT2D eigenvalue weighted by atomic mass is 32.2. The highest BCUT2D eigenvalue weighted by Crippen LogP contribution is 2.29. The average molecular weight is 370 g/mol. The minimum Gasteiger partial charge on any atom is -0.384 e. The Morgan fingerprint density at radius 1 is 1.12 bits per heavy atom. The Morgan fingerprint density at radius 2 is 1.88 bits per heavy atom. The minimum absolute atomic E-state index is 0.217. The third kappa shape index (κ3) is 4.12. The first-order chi connectivity index (χ1) is 12.5. The van der Waals surface area contributed by atoms with Crippen LogP contribution in [-0.4, -0.2) is 31.6 Å². The lowest BCUT2D eigenvalue weighted by molar-refractivity contribution is 0.588. The van der Waals surface area contributed by atoms with E-state index < -0.39 is 10.0 Å². The van der Waals surface area contributed by atoms with E-state index in [1.807, 2.05) is 36.0 Å². The maximum atomic E-state index is 12.1. The molecule has 3 rings (SSSR count). The van der Waals surface area contributed by atoms with Gasteiger partial charge in [-0.3, -0.25) is 0 Å². The van der Waals surface area contributed by atoms with Crippen LogP contribution in [-0.2, 0) is 23.5 Å². The first-order valence-corrected chi connectivity index (χ1v) is 9.81. The number of nitrogens with zero attached hydrogens (tertiary/aromatic N) is 2. The van der Waals surface area contributed by atoms with E-state index >= 15 is 0 Å². The fourth-order valence-electron chi connectivity index (χ4n) is 2.71. The zero-order chi connectivity index (χ0) is 18.6. The molecule has 0 radical (unpaired) electrons. The fraction of sp³-hybridized carbons (Fsp3) is 0.211. The summed E-state index contributed by atoms with van der Waals surface area (Å²) >= 11 is 0. The van der Waals surface area contributed by atoms with Crippen LogP contribution in [0.4, 0.5) is 5.69 Å². The molecule has 26 heavy (non-hydrogen) atoms. The Bertz CT molecular complexity index is 982. The summed E-state index contributed by atoms with van der Waals surface area (Å²) < 4.78 is 28.5. The summed E-state index contributed by atoms with van der Waals surface area (Å²) in [5.41, 5.74) is 3.58. The predicted molar refractivity (Wildman–Crippen MR) is 104 cm³/mol. The van der Waals surface area contributed by atoms with Crippen molar-refractivity contribution in [2.24, 2.45) is 7.05 Å². The van der Waals surface area contributed by atoms with Gasteiger partial charge >= 0.3 is 0 Å². The molecule has 0 spiro atoms. The first kappa shape index (κ1) is 18.2. The SMILES string of the molecule is CNS(=O)(=O)c1ccc(NCCc2ccccc2)c(-c2cn(C)cn2)c1. The van der Waals surface area contributed by atoms with Crippen molar-refractivity contribution in [1.82, 2.24) is 14.3 Å². The smallest absolute Gasteiger partial charge is 0.240 e. The van der Waals surface area contributed by atoms with E-state index in [0.717, 1.165) is 29.9 Å². The van der Waals surface area contributed by atoms with Crippen LogP contribution in [0.5, 0.6) is 0 Å². The van der Waals surface area contributed by atoms with Gasteiger partial charge in [-0.2, -0.15) is 0 Å². The van der Waals surface area contributed by atoms with Gasteiger partial charge in [0.1, 0.15) is 0 Å². The van der Waals surface area contributed by atoms with Gasteiger partial charge in [-0.15, -0.1) is 0 Å². The molecule has 3 aromatic rings. The summed E-state index contributed by atoms with van der Waals surface area (Å²) in [4.78, 5) is 4.59. The summed E-state index contributed by atoms with van der Waals surface area (Å²) in [6, 6.07) is 15.3. The van der Waals surface area contributed by atoms with Gasteiger partial charge in [0.2, 0.25) is 10.0 Å². The monoisotopic (exact) mass is 370 g/mol. The van der Waals surface area contributed by atoms with Gasteiger partial charge in [0.25, 0.3) is 0 Å². The highest BCUT2D eigenvalue weighted by molar-refractivity contribution is 7.89. The highest BCUT2D eigenvalue weighted by Gasteiger charge is 2.16. The Balaban J connectivity index is 1.88. The molecule has 0 aliphatic carbocycles. The quantitative estimate of drug-likeness (QED) is 0.670. The van der Waals surface area contributed by atoms with Crippen molar-refractivity contribution < 1.29 is 8.42 Å². The maximum Gasteiger partial charge on any atom is 0.240 e. The van der Waals surface area contributed by atoms with Crippen molar-refractivity contribution in [3.63, 3.8) is 0 Å². The molecule has 0 bridgehead atoms. The molecule has 136 valence electrons. The zero-order valence-electron chi connectivity index (χ0n) is 14.8. The second-order valence-corrected chi connectivity index (χ2v) is 7.89. The van der Waals surface area contributed by atoms with E-state index in [9.17, 15) is 8.42 Å². The number of rotatable bonds is 7. The molecule has 1 heterocycles. The topological polar surface area (TPSA) is 76.0 Å². The van der Waals surface area contributed by atoms with Gasteiger partial charge < -0.3 is 9.88 Å². The van der Waals surface area contributed by atoms with E-state index in [-0.39, 0.29) is 4.90 Å². The molecule has 0 atom stereocenters. The lowest BCUT2D eigenvalue weighted by Gasteiger charge is -2.13. The molecule has 2 N–H and O–H groups in total. The molecular weight excluding hydrogens is 348 g/mol. The zero-order valence-corrected chi connectivity index (χ0v) is 15.6. The third-order valence-electron chi connectivity index (χ3n) is 4.12. The van der Waals surface area contributed by atoms with Gasteiger partial charge in [0, 0.05) is 31.0 Å². The van der Waals surface area contributed by atoms with Crippen LogP contribution in [0, 0.1) is 0 Å². The number of nitrogens with one attached hydrogen (secondary N) is 2. The number of benzene rings is 2. The Morgan fingerprint density at radius 3 is 2.54 bits per heavy atom. The summed E-state index contributed by atoms with van der Waals surface area (Å²) in [6.07, 6.45) is 4.44. The molecule has 1 aromatic heterocycles. The minimum atomic E-state index is -3.51. The lowest BCUT2D eigenvalue weighted by Crippen LogP contribution is -2.18. The number of sulfonamides is 1. The first-order valence-electron chi connectivity index (χ1n) is 8.33. The molecule has 0 saturated carbocycles. The van der Waals surface area contributed by atoms with E-state index in [1.165, 1.54) is 12.6 Å². The number of hydrogen-bond donors (Lipinski definition) is 2. The van der Waals surface area contributed by atoms with Crippen LogP contribution in [0.2, 0.25) is 0 Å². The second-order valence-electron chi connectivity index (χ2n) is 6.00. The predicted octanol–water partition coefficient (Wildman–Crippen LogP) is 2.65. The van der Waals surface area contributed by atoms with Crippen molar-refractivity contribution in [3.8, 4) is 11.3 Å². The normalized spacial score (nSPS) is 11.5. The van der Waals surface area contributed by atoms with E-state index in [0.29, 0.717) is 0 Å². The molecule has 0 aliphatic heterocycles. The van der Waals surface area contributed by atoms with Crippen molar-refractivity contribution in [2.45, 2.75) is 11.3 Å². The van der Waals surface area contributed by atoms with Crippen LogP contribution in [0.1, 0.15) is 5.56 Å². The van der Waals surface area contributed by atoms with Gasteiger partial charge in [-0.1, -0.05) is 30.3 Å². The van der Waals surface area contributed by atoms with Crippen molar-refractivity contribution in [1.29, 1.82) is 0 Å². The van der Waals surface area contributed by atoms with Gasteiger partial charge in [0.15, 0.2) is 0 Å². The Labute approximate surface area is 154 Å². The van der Waals surface area contributed by atoms with Crippen LogP contribution < -0.4 is 10.0 Å². The van der Waals surface area contributed by atoms with E-state index in [4.69, 9.17) is 0 Å². The van der Waals surface area contributed by atoms with Crippen LogP contribution in [0.3, 0.4) is 0 Å². The number of hydrogen-bond acceptors (Lipinski definition) is 4. The number of anilines is 1. The van der Waals surface area contributed by atoms with Gasteiger partial charge in [0.05, 0.1) is 16.9 Å². The van der Waals surface area contributed by atoms with Crippen molar-refractivity contribution >= 4 is 15.7 Å². The number of imidazole rings is 1. The summed E-state index contributed by atoms with van der Waals surface area (Å²) in [6.45, 7) is 0.738. The molecule has 6 nitrogen and oxygen atoms in total. The van der Waals surface area contributed by atoms with Gasteiger partial charge in [-0.25, -0.2) is 18.1 Å². The average Bonchev–Trinajstić information content (AvgIpc) is 3.09. The standard InChI is InChI=1S/C19H22N4O2S/c1-20-26(24,25)16-8-9-18(17(12-16)19-13-23(2)14-22-19)21-11-10-15-6-4-3-5-7-15/h3-9,12-14,20-21H,10-11H2,1-2H3. The number of aryl methyl sites for hydroxylation is 1. The summed E-state index contributed by atoms with van der Waals surface area (Å²) in [5, 5.41) is 3.40. The largest absolute Gasteiger partial charge is 0.384 e. The lowest BCUT2D eigenvalue weighted by atomic mass is 10.1. The van der Waals surface area contributed by atoms with Crippen LogP contribution in [0.25, 0.3) is 11.3 Å². The van der Waals surface area contributed by atoms with E-state index in [2.05, 4.69) is 27.2 Å². The summed E-state index contributed by atoms with van der Waals surface area (Å²) in [5.74, 6) is 0. The molecule has 0 saturated heterocycles. The molecule has 0 aliphatic rings. The molecule has 0 amide bonds. The molecule has 2 aromatic carbocycles. The summed E-state index contributed by atoms with van der Waals surface area (Å²) in [7, 11) is -0.228. The number of aromatic nitrogens is 2. The van der Waals surface area contributed by atoms with Gasteiger partial charge in [-0.05, 0) is 37.2 Å². The molecule has 0 fully saturated rings. The molecule has 0 unspecified atom stereocenters. The fourth-order valence-corrected chi connectivity index (χ4v) is 3.47. The Hall–Kier alpha value is -2.64. The third-order valence-corrected chi connectivity index (χ3v) is 5.53. The van der Waals surface area contributed by atoms with Crippen LogP contribution >= 0.6 is 0 Å². The Kier molecular flexibility index (Phi) is 5.39. The van der Waals surface area contributed by atoms with Crippen LogP contribution in [0.15, 0.2) is 66.0 Å². The van der Waals surface area contributed by atoms with Crippen molar-refractivity contribution in [3.05, 3.63) is 66.6 Å². The van der Waals surface area contributed by atoms with E-state index in [1.54, 1.807) is 24.5 Å². The van der Waals surface area contributed by atoms with Crippen molar-refractivity contribution in [2.75, 3.05) is 18.9 Å².